The Morgan fingerprint density at radius 1 is 0.466 bits per heavy atom. The van der Waals surface area contributed by atoms with Gasteiger partial charge in [-0.1, -0.05) is 84.9 Å². The Labute approximate surface area is 512 Å². The Bertz CT molecular complexity index is 3080. The van der Waals surface area contributed by atoms with Crippen LogP contribution in [0.15, 0.2) is 136 Å². The maximum atomic E-state index is 11.6. The van der Waals surface area contributed by atoms with Gasteiger partial charge in [0.25, 0.3) is 5.91 Å². The summed E-state index contributed by atoms with van der Waals surface area (Å²) < 4.78 is 5.18. The number of aliphatic imine (C=N–C) groups is 1. The number of hydrazone groups is 1. The van der Waals surface area contributed by atoms with Gasteiger partial charge in [-0.15, -0.1) is 11.8 Å². The van der Waals surface area contributed by atoms with E-state index in [9.17, 15) is 52.7 Å². The molecule has 0 aliphatic heterocycles. The fraction of sp³-hybridized carbons (Fsp3) is 0.295. The summed E-state index contributed by atoms with van der Waals surface area (Å²) in [5.74, 6) is -5.00. The molecule has 5 rings (SSSR count). The summed E-state index contributed by atoms with van der Waals surface area (Å²) in [7, 11) is 0. The average molecular weight is 1240 g/mol. The zero-order valence-electron chi connectivity index (χ0n) is 49.1. The predicted octanol–water partition coefficient (Wildman–Crippen LogP) is 2.61. The van der Waals surface area contributed by atoms with Crippen LogP contribution in [0, 0.1) is 0 Å². The first kappa shape index (κ1) is 76.4. The lowest BCUT2D eigenvalue weighted by atomic mass is 10.0. The summed E-state index contributed by atoms with van der Waals surface area (Å²) in [6.07, 6.45) is 4.30. The van der Waals surface area contributed by atoms with Crippen LogP contribution in [0.5, 0.6) is 5.75 Å². The molecule has 17 N–H and O–H groups in total. The van der Waals surface area contributed by atoms with Crippen LogP contribution >= 0.6 is 11.8 Å². The van der Waals surface area contributed by atoms with Crippen molar-refractivity contribution in [3.63, 3.8) is 0 Å². The van der Waals surface area contributed by atoms with Crippen molar-refractivity contribution in [1.29, 1.82) is 0 Å². The molecule has 0 aliphatic rings. The quantitative estimate of drug-likeness (QED) is 0.0204. The molecule has 0 heterocycles. The van der Waals surface area contributed by atoms with Crippen LogP contribution in [-0.2, 0) is 80.0 Å². The second-order valence-electron chi connectivity index (χ2n) is 19.3. The Morgan fingerprint density at radius 2 is 0.807 bits per heavy atom. The number of nitrogens with one attached hydrogen (secondary N) is 2. The standard InChI is InChI=1S/C13H16N2O4.C12H15N3O3.C12H14N2O3.C12H15NO4.C12H15NO3S/c1-8(16)7-15-12(17)10-4-2-9(3-5-10)6-11(14)13(18)19;1-8(16)15-14-7-10-4-2-9(3-5-10)6-11(13)12(17)18;1-8(15)14-7-10-4-2-9(3-5-10)6-11(13)12(16)17;2*1-8(14)7-17-10-4-2-9(3-5-10)6-11(13)12(15)16/h2-5,11H,6-7,14H2,1H3,(H,15,17)(H,18,19);2-5,7,11H,6,13H2,1H3,(H,15,16)(H,17,18);2-5,7,11H,6,13H2,1H3,(H,16,17);2*2-5,11H,6-7,13H2,1H3,(H,15,16)/b;14-7+;;;. The van der Waals surface area contributed by atoms with Crippen molar-refractivity contribution in [2.75, 3.05) is 18.9 Å². The number of carboxylic acids is 5. The van der Waals surface area contributed by atoms with E-state index < -0.39 is 60.1 Å². The topological polar surface area (TPSA) is 477 Å². The van der Waals surface area contributed by atoms with E-state index in [1.165, 1.54) is 51.9 Å². The predicted molar refractivity (Wildman–Crippen MR) is 329 cm³/mol. The summed E-state index contributed by atoms with van der Waals surface area (Å²) in [5, 5.41) is 49.5. The van der Waals surface area contributed by atoms with E-state index in [0.29, 0.717) is 23.5 Å². The number of aliphatic carboxylic acids is 5. The van der Waals surface area contributed by atoms with E-state index in [4.69, 9.17) is 58.9 Å². The molecule has 0 saturated heterocycles. The van der Waals surface area contributed by atoms with Crippen molar-refractivity contribution < 1.29 is 83.0 Å². The monoisotopic (exact) mass is 1240 g/mol. The minimum Gasteiger partial charge on any atom is -0.486 e. The van der Waals surface area contributed by atoms with Crippen molar-refractivity contribution >= 4 is 89.1 Å². The molecule has 26 nitrogen and oxygen atoms in total. The summed E-state index contributed by atoms with van der Waals surface area (Å²) in [5.41, 5.74) is 35.5. The summed E-state index contributed by atoms with van der Waals surface area (Å²) >= 11 is 1.47. The van der Waals surface area contributed by atoms with Gasteiger partial charge < -0.3 is 64.3 Å². The van der Waals surface area contributed by atoms with Crippen LogP contribution in [0.25, 0.3) is 0 Å². The van der Waals surface area contributed by atoms with E-state index in [2.05, 4.69) is 20.8 Å². The molecule has 88 heavy (non-hydrogen) atoms. The molecule has 5 atom stereocenters. The number of hydrogen-bond donors (Lipinski definition) is 12. The highest BCUT2D eigenvalue weighted by molar-refractivity contribution is 8.00. The van der Waals surface area contributed by atoms with Gasteiger partial charge in [-0.2, -0.15) is 5.10 Å². The molecule has 5 aromatic rings. The summed E-state index contributed by atoms with van der Waals surface area (Å²) in [6.45, 7) is 7.15. The van der Waals surface area contributed by atoms with E-state index >= 15 is 0 Å². The number of hydrogen-bond acceptors (Lipinski definition) is 19. The van der Waals surface area contributed by atoms with Gasteiger partial charge in [-0.25, -0.2) is 10.4 Å². The number of ether oxygens (including phenoxy) is 1. The zero-order valence-corrected chi connectivity index (χ0v) is 49.9. The van der Waals surface area contributed by atoms with Crippen LogP contribution < -0.4 is 44.1 Å². The van der Waals surface area contributed by atoms with Gasteiger partial charge in [-0.3, -0.25) is 52.7 Å². The molecule has 3 amide bonds. The summed E-state index contributed by atoms with van der Waals surface area (Å²) in [6, 6.07) is 30.3. The van der Waals surface area contributed by atoms with Gasteiger partial charge in [0.05, 0.1) is 18.5 Å². The van der Waals surface area contributed by atoms with Gasteiger partial charge in [0.1, 0.15) is 54.1 Å². The first-order chi connectivity index (χ1) is 41.3. The largest absolute Gasteiger partial charge is 0.486 e. The molecule has 0 saturated carbocycles. The summed E-state index contributed by atoms with van der Waals surface area (Å²) in [4.78, 5) is 123. The Kier molecular flexibility index (Phi) is 35.9. The molecule has 0 fully saturated rings. The van der Waals surface area contributed by atoms with E-state index in [0.717, 1.165) is 43.8 Å². The SMILES string of the molecule is CC(=O)CNC(=O)c1ccc(CC(N)C(=O)O)cc1.CC(=O)COc1ccc(CC(N)C(=O)O)cc1.CC(=O)CSc1ccc(CC(N)C(=O)O)cc1.CC(=O)N/N=C/c1ccc(CC(N)C(=O)O)cc1.CC(=O)N=Cc1ccc(CC(N)C(=O)O)cc1. The number of benzene rings is 5. The van der Waals surface area contributed by atoms with Crippen LogP contribution in [0.4, 0.5) is 0 Å². The first-order valence-corrected chi connectivity index (χ1v) is 27.6. The van der Waals surface area contributed by atoms with Gasteiger partial charge in [-0.05, 0) is 128 Å². The molecular weight excluding hydrogens is 1160 g/mol. The number of nitrogens with zero attached hydrogens (tertiary/aromatic N) is 2. The molecule has 0 spiro atoms. The number of thioether (sulfide) groups is 1. The number of amides is 3. The number of rotatable bonds is 27. The van der Waals surface area contributed by atoms with Crippen molar-refractivity contribution in [1.82, 2.24) is 10.7 Å². The molecule has 0 aromatic heterocycles. The maximum Gasteiger partial charge on any atom is 0.320 e. The molecule has 0 bridgehead atoms. The van der Waals surface area contributed by atoms with Crippen LogP contribution in [-0.4, -0.2) is 152 Å². The number of nitrogens with two attached hydrogens (primary N) is 5. The van der Waals surface area contributed by atoms with Gasteiger partial charge in [0.2, 0.25) is 11.8 Å². The molecule has 0 aliphatic carbocycles. The number of carboxylic acid groups (broad SMARTS) is 5. The van der Waals surface area contributed by atoms with E-state index in [1.54, 1.807) is 104 Å². The second kappa shape index (κ2) is 41.4. The first-order valence-electron chi connectivity index (χ1n) is 26.6. The van der Waals surface area contributed by atoms with Gasteiger partial charge in [0, 0.05) is 30.5 Å². The van der Waals surface area contributed by atoms with E-state index in [1.807, 2.05) is 24.3 Å². The Balaban J connectivity index is 0.000000550. The lowest BCUT2D eigenvalue weighted by Crippen LogP contribution is -2.32. The Morgan fingerprint density at radius 3 is 1.12 bits per heavy atom. The zero-order chi connectivity index (χ0) is 66.5. The van der Waals surface area contributed by atoms with Crippen molar-refractivity contribution in [3.8, 4) is 5.75 Å². The minimum atomic E-state index is -1.07. The third-order valence-electron chi connectivity index (χ3n) is 11.1. The van der Waals surface area contributed by atoms with Crippen LogP contribution in [0.3, 0.4) is 0 Å². The Hall–Kier alpha value is -9.64. The van der Waals surface area contributed by atoms with Gasteiger partial charge >= 0.3 is 29.8 Å². The van der Waals surface area contributed by atoms with Crippen LogP contribution in [0.1, 0.15) is 83.9 Å². The van der Waals surface area contributed by atoms with Crippen molar-refractivity contribution in [2.24, 2.45) is 38.8 Å². The highest BCUT2D eigenvalue weighted by Crippen LogP contribution is 2.19. The lowest BCUT2D eigenvalue weighted by molar-refractivity contribution is -0.139. The van der Waals surface area contributed by atoms with Gasteiger partial charge in [0.15, 0.2) is 5.78 Å². The maximum absolute atomic E-state index is 11.6. The molecule has 0 radical (unpaired) electrons. The molecule has 472 valence electrons. The smallest absolute Gasteiger partial charge is 0.320 e. The highest BCUT2D eigenvalue weighted by atomic mass is 32.2. The second-order valence-corrected chi connectivity index (χ2v) is 20.3. The number of carbonyl (C=O) groups excluding carboxylic acids is 6. The lowest BCUT2D eigenvalue weighted by Gasteiger charge is -2.08. The molecule has 5 aromatic carbocycles. The average Bonchev–Trinajstić information content (AvgIpc) is 3.65. The fourth-order valence-electron chi connectivity index (χ4n) is 6.46. The number of carbonyl (C=O) groups is 11. The van der Waals surface area contributed by atoms with Crippen molar-refractivity contribution in [2.45, 2.75) is 102 Å². The van der Waals surface area contributed by atoms with Crippen LogP contribution in [0.2, 0.25) is 0 Å². The van der Waals surface area contributed by atoms with Crippen molar-refractivity contribution in [3.05, 3.63) is 166 Å². The third-order valence-corrected chi connectivity index (χ3v) is 12.3. The molecule has 27 heteroatoms. The third kappa shape index (κ3) is 35.6. The highest BCUT2D eigenvalue weighted by Gasteiger charge is 2.16. The number of ketones is 3. The number of Topliss-reactive ketones (excluding diaryl/α,β-unsaturated/α-hetero) is 3. The fourth-order valence-corrected chi connectivity index (χ4v) is 7.16. The molecule has 5 unspecified atom stereocenters. The normalized spacial score (nSPS) is 12.1. The van der Waals surface area contributed by atoms with E-state index in [-0.39, 0.29) is 73.9 Å². The minimum absolute atomic E-state index is 0.00945. The molecular formula is C61H75N9O17S.